The van der Waals surface area contributed by atoms with Crippen LogP contribution < -0.4 is 10.1 Å². The number of thioether (sulfide) groups is 1. The number of aromatic nitrogens is 2. The second-order valence-electron chi connectivity index (χ2n) is 5.33. The Labute approximate surface area is 168 Å². The van der Waals surface area contributed by atoms with Crippen molar-refractivity contribution in [3.8, 4) is 17.2 Å². The quantitative estimate of drug-likeness (QED) is 0.345. The number of ether oxygens (including phenoxy) is 1. The van der Waals surface area contributed by atoms with Crippen molar-refractivity contribution in [3.63, 3.8) is 0 Å². The van der Waals surface area contributed by atoms with Crippen LogP contribution in [0.4, 0.5) is 11.4 Å². The summed E-state index contributed by atoms with van der Waals surface area (Å²) in [5.74, 6) is 0.446. The van der Waals surface area contributed by atoms with Crippen LogP contribution in [0, 0.1) is 10.1 Å². The van der Waals surface area contributed by atoms with Gasteiger partial charge < -0.3 is 14.5 Å². The van der Waals surface area contributed by atoms with Gasteiger partial charge in [-0.2, -0.15) is 0 Å². The summed E-state index contributed by atoms with van der Waals surface area (Å²) in [5.41, 5.74) is 0.620. The first-order chi connectivity index (χ1) is 13.5. The third-order valence-corrected chi connectivity index (χ3v) is 4.64. The fourth-order valence-corrected chi connectivity index (χ4v) is 3.00. The van der Waals surface area contributed by atoms with Crippen molar-refractivity contribution in [1.29, 1.82) is 0 Å². The Morgan fingerprint density at radius 3 is 2.86 bits per heavy atom. The van der Waals surface area contributed by atoms with Crippen LogP contribution in [0.2, 0.25) is 5.02 Å². The first kappa shape index (κ1) is 19.6. The maximum Gasteiger partial charge on any atom is 0.289 e. The van der Waals surface area contributed by atoms with Gasteiger partial charge in [0.15, 0.2) is 0 Å². The molecule has 1 N–H and O–H groups in total. The highest BCUT2D eigenvalue weighted by Crippen LogP contribution is 2.31. The summed E-state index contributed by atoms with van der Waals surface area (Å²) >= 11 is 6.79. The molecule has 0 saturated carbocycles. The van der Waals surface area contributed by atoms with Crippen LogP contribution in [0.25, 0.3) is 11.5 Å². The average molecular weight is 421 g/mol. The van der Waals surface area contributed by atoms with Crippen LogP contribution in [-0.4, -0.2) is 33.9 Å². The van der Waals surface area contributed by atoms with E-state index < -0.39 is 10.8 Å². The number of benzene rings is 2. The summed E-state index contributed by atoms with van der Waals surface area (Å²) in [6.45, 7) is 0. The van der Waals surface area contributed by atoms with Crippen LogP contribution in [0.5, 0.6) is 5.75 Å². The molecule has 0 aliphatic carbocycles. The predicted molar refractivity (Wildman–Crippen MR) is 104 cm³/mol. The van der Waals surface area contributed by atoms with E-state index in [0.717, 1.165) is 11.8 Å². The van der Waals surface area contributed by atoms with Gasteiger partial charge in [0.2, 0.25) is 5.91 Å². The van der Waals surface area contributed by atoms with E-state index in [1.54, 1.807) is 12.1 Å². The van der Waals surface area contributed by atoms with E-state index in [2.05, 4.69) is 15.5 Å². The molecule has 0 unspecified atom stereocenters. The van der Waals surface area contributed by atoms with E-state index in [9.17, 15) is 14.9 Å². The number of carbonyl (C=O) groups excluding carboxylic acids is 1. The molecule has 0 radical (unpaired) electrons. The molecular formula is C17H13ClN4O5S. The molecule has 0 aliphatic heterocycles. The van der Waals surface area contributed by atoms with E-state index in [1.807, 2.05) is 12.1 Å². The van der Waals surface area contributed by atoms with Crippen molar-refractivity contribution in [2.24, 2.45) is 0 Å². The first-order valence-electron chi connectivity index (χ1n) is 7.81. The molecule has 144 valence electrons. The number of nitrogens with zero attached hydrogens (tertiary/aromatic N) is 3. The SMILES string of the molecule is COc1ccccc1-c1nnc(SCC(=O)Nc2ccc(Cl)c([N+](=O)[O-])c2)o1. The number of nitro groups is 1. The molecule has 1 amide bonds. The second-order valence-corrected chi connectivity index (χ2v) is 6.67. The third kappa shape index (κ3) is 4.59. The Kier molecular flexibility index (Phi) is 6.12. The average Bonchev–Trinajstić information content (AvgIpc) is 3.16. The normalized spacial score (nSPS) is 10.5. The molecule has 0 fully saturated rings. The molecule has 0 aliphatic rings. The maximum absolute atomic E-state index is 12.1. The van der Waals surface area contributed by atoms with Crippen molar-refractivity contribution in [1.82, 2.24) is 10.2 Å². The summed E-state index contributed by atoms with van der Waals surface area (Å²) in [5, 5.41) is 21.5. The minimum Gasteiger partial charge on any atom is -0.496 e. The number of rotatable bonds is 7. The Balaban J connectivity index is 1.62. The fourth-order valence-electron chi connectivity index (χ4n) is 2.25. The number of nitro benzene ring substituents is 1. The van der Waals surface area contributed by atoms with Crippen LogP contribution in [0.1, 0.15) is 0 Å². The number of halogens is 1. The summed E-state index contributed by atoms with van der Waals surface area (Å²) in [4.78, 5) is 22.4. The molecular weight excluding hydrogens is 408 g/mol. The van der Waals surface area contributed by atoms with E-state index in [0.29, 0.717) is 11.3 Å². The van der Waals surface area contributed by atoms with Gasteiger partial charge >= 0.3 is 0 Å². The van der Waals surface area contributed by atoms with Gasteiger partial charge in [-0.15, -0.1) is 10.2 Å². The van der Waals surface area contributed by atoms with Crippen molar-refractivity contribution >= 4 is 40.6 Å². The van der Waals surface area contributed by atoms with Crippen LogP contribution in [0.15, 0.2) is 52.1 Å². The Hall–Kier alpha value is -3.11. The zero-order valence-corrected chi connectivity index (χ0v) is 16.0. The Morgan fingerprint density at radius 2 is 2.11 bits per heavy atom. The van der Waals surface area contributed by atoms with Gasteiger partial charge in [0, 0.05) is 11.8 Å². The third-order valence-electron chi connectivity index (χ3n) is 3.50. The number of carbonyl (C=O) groups is 1. The van der Waals surface area contributed by atoms with Gasteiger partial charge in [-0.1, -0.05) is 35.5 Å². The lowest BCUT2D eigenvalue weighted by molar-refractivity contribution is -0.384. The minimum atomic E-state index is -0.620. The molecule has 0 bridgehead atoms. The van der Waals surface area contributed by atoms with E-state index >= 15 is 0 Å². The largest absolute Gasteiger partial charge is 0.496 e. The van der Waals surface area contributed by atoms with Gasteiger partial charge in [-0.05, 0) is 24.3 Å². The molecule has 3 rings (SSSR count). The maximum atomic E-state index is 12.1. The van der Waals surface area contributed by atoms with E-state index in [-0.39, 0.29) is 33.3 Å². The fraction of sp³-hybridized carbons (Fsp3) is 0.118. The zero-order chi connectivity index (χ0) is 20.1. The smallest absolute Gasteiger partial charge is 0.289 e. The molecule has 9 nitrogen and oxygen atoms in total. The molecule has 1 aromatic heterocycles. The summed E-state index contributed by atoms with van der Waals surface area (Å²) in [6, 6.07) is 11.2. The summed E-state index contributed by atoms with van der Waals surface area (Å²) in [6.07, 6.45) is 0. The summed E-state index contributed by atoms with van der Waals surface area (Å²) in [7, 11) is 1.54. The Bertz CT molecular complexity index is 1030. The molecule has 1 heterocycles. The van der Waals surface area contributed by atoms with Crippen LogP contribution in [0.3, 0.4) is 0 Å². The van der Waals surface area contributed by atoms with Crippen molar-refractivity contribution in [2.45, 2.75) is 5.22 Å². The molecule has 2 aromatic carbocycles. The highest BCUT2D eigenvalue weighted by atomic mass is 35.5. The Morgan fingerprint density at radius 1 is 1.32 bits per heavy atom. The number of nitrogens with one attached hydrogen (secondary N) is 1. The highest BCUT2D eigenvalue weighted by molar-refractivity contribution is 7.99. The van der Waals surface area contributed by atoms with Gasteiger partial charge in [-0.3, -0.25) is 14.9 Å². The number of hydrogen-bond acceptors (Lipinski definition) is 8. The van der Waals surface area contributed by atoms with Gasteiger partial charge in [0.1, 0.15) is 10.8 Å². The van der Waals surface area contributed by atoms with Crippen molar-refractivity contribution < 1.29 is 18.9 Å². The van der Waals surface area contributed by atoms with E-state index in [4.69, 9.17) is 20.8 Å². The minimum absolute atomic E-state index is 0.00731. The molecule has 11 heteroatoms. The standard InChI is InChI=1S/C17H13ClN4O5S/c1-26-14-5-3-2-4-11(14)16-20-21-17(27-16)28-9-15(23)19-10-6-7-12(18)13(8-10)22(24)25/h2-8H,9H2,1H3,(H,19,23). The van der Waals surface area contributed by atoms with Crippen molar-refractivity contribution in [2.75, 3.05) is 18.2 Å². The van der Waals surface area contributed by atoms with Crippen LogP contribution >= 0.6 is 23.4 Å². The monoisotopic (exact) mass is 420 g/mol. The van der Waals surface area contributed by atoms with Crippen molar-refractivity contribution in [3.05, 3.63) is 57.6 Å². The lowest BCUT2D eigenvalue weighted by Gasteiger charge is -2.04. The number of hydrogen-bond donors (Lipinski definition) is 1. The second kappa shape index (κ2) is 8.72. The number of para-hydroxylation sites is 1. The lowest BCUT2D eigenvalue weighted by Crippen LogP contribution is -2.14. The highest BCUT2D eigenvalue weighted by Gasteiger charge is 2.16. The van der Waals surface area contributed by atoms with Gasteiger partial charge in [0.25, 0.3) is 16.8 Å². The number of methoxy groups -OCH3 is 1. The molecule has 3 aromatic rings. The van der Waals surface area contributed by atoms with Gasteiger partial charge in [0.05, 0.1) is 23.3 Å². The lowest BCUT2D eigenvalue weighted by atomic mass is 10.2. The summed E-state index contributed by atoms with van der Waals surface area (Å²) < 4.78 is 10.8. The van der Waals surface area contributed by atoms with E-state index in [1.165, 1.54) is 25.3 Å². The number of anilines is 1. The van der Waals surface area contributed by atoms with Gasteiger partial charge in [-0.25, -0.2) is 0 Å². The molecule has 0 saturated heterocycles. The molecule has 0 spiro atoms. The molecule has 0 atom stereocenters. The zero-order valence-electron chi connectivity index (χ0n) is 14.4. The molecule has 28 heavy (non-hydrogen) atoms. The first-order valence-corrected chi connectivity index (χ1v) is 9.17. The number of amides is 1. The predicted octanol–water partition coefficient (Wildman–Crippen LogP) is 4.04. The topological polar surface area (TPSA) is 120 Å². The van der Waals surface area contributed by atoms with Crippen LogP contribution in [-0.2, 0) is 4.79 Å².